The van der Waals surface area contributed by atoms with Crippen molar-refractivity contribution in [3.05, 3.63) is 57.0 Å². The number of halogens is 2. The lowest BCUT2D eigenvalue weighted by molar-refractivity contribution is 0.102. The van der Waals surface area contributed by atoms with Gasteiger partial charge < -0.3 is 11.1 Å². The smallest absolute Gasteiger partial charge is 0.257 e. The number of hydrogen-bond acceptors (Lipinski definition) is 3. The Kier molecular flexibility index (Phi) is 4.28. The minimum Gasteiger partial charge on any atom is -0.399 e. The van der Waals surface area contributed by atoms with E-state index in [1.54, 1.807) is 30.3 Å². The predicted octanol–water partition coefficient (Wildman–Crippen LogP) is 3.81. The summed E-state index contributed by atoms with van der Waals surface area (Å²) in [6, 6.07) is 11.7. The van der Waals surface area contributed by atoms with Gasteiger partial charge in [0.2, 0.25) is 0 Å². The Balaban J connectivity index is 2.33. The van der Waals surface area contributed by atoms with Crippen LogP contribution in [-0.2, 0) is 0 Å². The molecule has 100 valence electrons. The van der Waals surface area contributed by atoms with Crippen LogP contribution < -0.4 is 11.1 Å². The molecular weight excluding hydrogens is 342 g/mol. The second-order valence-corrected chi connectivity index (χ2v) is 5.32. The lowest BCUT2D eigenvalue weighted by atomic mass is 10.1. The van der Waals surface area contributed by atoms with Gasteiger partial charge in [-0.3, -0.25) is 4.79 Å². The molecule has 2 aromatic carbocycles. The van der Waals surface area contributed by atoms with Gasteiger partial charge in [0.1, 0.15) is 6.07 Å². The molecule has 2 rings (SSSR count). The van der Waals surface area contributed by atoms with E-state index in [9.17, 15) is 4.79 Å². The van der Waals surface area contributed by atoms with Crippen molar-refractivity contribution < 1.29 is 4.79 Å². The minimum atomic E-state index is -0.416. The van der Waals surface area contributed by atoms with Gasteiger partial charge in [-0.1, -0.05) is 27.5 Å². The number of benzene rings is 2. The summed E-state index contributed by atoms with van der Waals surface area (Å²) >= 11 is 9.24. The maximum absolute atomic E-state index is 12.2. The van der Waals surface area contributed by atoms with Crippen molar-refractivity contribution >= 4 is 44.8 Å². The third-order valence-corrected chi connectivity index (χ3v) is 3.41. The molecular formula is C14H9BrClN3O. The summed E-state index contributed by atoms with van der Waals surface area (Å²) in [5, 5.41) is 12.0. The summed E-state index contributed by atoms with van der Waals surface area (Å²) in [5.41, 5.74) is 7.11. The number of carbonyl (C=O) groups is 1. The van der Waals surface area contributed by atoms with E-state index in [4.69, 9.17) is 22.6 Å². The second-order valence-electron chi connectivity index (χ2n) is 4.00. The van der Waals surface area contributed by atoms with Crippen LogP contribution in [0.25, 0.3) is 0 Å². The Morgan fingerprint density at radius 1 is 1.30 bits per heavy atom. The Morgan fingerprint density at radius 3 is 2.75 bits per heavy atom. The summed E-state index contributed by atoms with van der Waals surface area (Å²) in [5.74, 6) is -0.416. The van der Waals surface area contributed by atoms with E-state index >= 15 is 0 Å². The number of nitrogens with zero attached hydrogens (tertiary/aromatic N) is 1. The molecule has 0 spiro atoms. The number of carbonyl (C=O) groups excluding carboxylic acids is 1. The van der Waals surface area contributed by atoms with Crippen LogP contribution in [0.2, 0.25) is 5.02 Å². The summed E-state index contributed by atoms with van der Waals surface area (Å²) < 4.78 is 0.758. The molecule has 0 radical (unpaired) electrons. The number of nitrogens with one attached hydrogen (secondary N) is 1. The molecule has 4 nitrogen and oxygen atoms in total. The molecule has 6 heteroatoms. The van der Waals surface area contributed by atoms with E-state index in [1.165, 1.54) is 6.07 Å². The molecule has 20 heavy (non-hydrogen) atoms. The van der Waals surface area contributed by atoms with Crippen LogP contribution in [0, 0.1) is 11.3 Å². The minimum absolute atomic E-state index is 0.262. The topological polar surface area (TPSA) is 78.9 Å². The number of nitriles is 1. The van der Waals surface area contributed by atoms with Crippen LogP contribution >= 0.6 is 27.5 Å². The van der Waals surface area contributed by atoms with Crippen LogP contribution in [0.15, 0.2) is 40.9 Å². The van der Waals surface area contributed by atoms with E-state index in [2.05, 4.69) is 21.2 Å². The van der Waals surface area contributed by atoms with Gasteiger partial charge in [0, 0.05) is 10.2 Å². The first-order valence-electron chi connectivity index (χ1n) is 5.57. The normalized spacial score (nSPS) is 9.85. The SMILES string of the molecule is N#Cc1cc(Br)ccc1NC(=O)c1cc(N)ccc1Cl. The van der Waals surface area contributed by atoms with Crippen LogP contribution in [0.5, 0.6) is 0 Å². The quantitative estimate of drug-likeness (QED) is 0.808. The highest BCUT2D eigenvalue weighted by atomic mass is 79.9. The molecule has 0 aliphatic carbocycles. The third-order valence-electron chi connectivity index (χ3n) is 2.59. The van der Waals surface area contributed by atoms with Crippen molar-refractivity contribution in [3.8, 4) is 6.07 Å². The standard InChI is InChI=1S/C14H9BrClN3O/c15-9-1-4-13(8(5-9)7-17)19-14(20)11-6-10(18)2-3-12(11)16/h1-6H,18H2,(H,19,20). The van der Waals surface area contributed by atoms with Crippen molar-refractivity contribution in [1.82, 2.24) is 0 Å². The van der Waals surface area contributed by atoms with Gasteiger partial charge in [-0.15, -0.1) is 0 Å². The summed E-state index contributed by atoms with van der Waals surface area (Å²) in [4.78, 5) is 12.2. The predicted molar refractivity (Wildman–Crippen MR) is 82.7 cm³/mol. The van der Waals surface area contributed by atoms with E-state index < -0.39 is 5.91 Å². The van der Waals surface area contributed by atoms with Gasteiger partial charge in [0.15, 0.2) is 0 Å². The Bertz CT molecular complexity index is 725. The highest BCUT2D eigenvalue weighted by Gasteiger charge is 2.13. The maximum atomic E-state index is 12.2. The van der Waals surface area contributed by atoms with Gasteiger partial charge in [-0.2, -0.15) is 5.26 Å². The molecule has 0 bridgehead atoms. The lowest BCUT2D eigenvalue weighted by Crippen LogP contribution is -2.13. The van der Waals surface area contributed by atoms with Crippen molar-refractivity contribution in [1.29, 1.82) is 5.26 Å². The molecule has 0 aliphatic rings. The van der Waals surface area contributed by atoms with Crippen LogP contribution in [0.3, 0.4) is 0 Å². The van der Waals surface area contributed by atoms with Gasteiger partial charge >= 0.3 is 0 Å². The second kappa shape index (κ2) is 5.95. The molecule has 0 heterocycles. The summed E-state index contributed by atoms with van der Waals surface area (Å²) in [6.45, 7) is 0. The molecule has 0 aliphatic heterocycles. The number of nitrogen functional groups attached to an aromatic ring is 1. The monoisotopic (exact) mass is 349 g/mol. The highest BCUT2D eigenvalue weighted by molar-refractivity contribution is 9.10. The van der Waals surface area contributed by atoms with E-state index in [-0.39, 0.29) is 5.56 Å². The molecule has 0 saturated carbocycles. The fourth-order valence-electron chi connectivity index (χ4n) is 1.62. The maximum Gasteiger partial charge on any atom is 0.257 e. The fourth-order valence-corrected chi connectivity index (χ4v) is 2.19. The molecule has 0 unspecified atom stereocenters. The number of nitrogens with two attached hydrogens (primary N) is 1. The number of anilines is 2. The van der Waals surface area contributed by atoms with Crippen molar-refractivity contribution in [2.45, 2.75) is 0 Å². The average Bonchev–Trinajstić information content (AvgIpc) is 2.43. The molecule has 1 amide bonds. The van der Waals surface area contributed by atoms with Crippen LogP contribution in [0.1, 0.15) is 15.9 Å². The fraction of sp³-hybridized carbons (Fsp3) is 0. The first kappa shape index (κ1) is 14.4. The third kappa shape index (κ3) is 3.10. The molecule has 0 saturated heterocycles. The first-order valence-corrected chi connectivity index (χ1v) is 6.74. The van der Waals surface area contributed by atoms with Crippen molar-refractivity contribution in [2.75, 3.05) is 11.1 Å². The number of amides is 1. The lowest BCUT2D eigenvalue weighted by Gasteiger charge is -2.09. The Hall–Kier alpha value is -2.03. The van der Waals surface area contributed by atoms with Crippen LogP contribution in [-0.4, -0.2) is 5.91 Å². The highest BCUT2D eigenvalue weighted by Crippen LogP contribution is 2.23. The molecule has 2 aromatic rings. The van der Waals surface area contributed by atoms with E-state index in [0.29, 0.717) is 22.0 Å². The number of rotatable bonds is 2. The molecule has 0 fully saturated rings. The zero-order chi connectivity index (χ0) is 14.7. The van der Waals surface area contributed by atoms with Gasteiger partial charge in [0.25, 0.3) is 5.91 Å². The molecule has 3 N–H and O–H groups in total. The van der Waals surface area contributed by atoms with Gasteiger partial charge in [-0.05, 0) is 36.4 Å². The summed E-state index contributed by atoms with van der Waals surface area (Å²) in [7, 11) is 0. The van der Waals surface area contributed by atoms with Crippen molar-refractivity contribution in [3.63, 3.8) is 0 Å². The largest absolute Gasteiger partial charge is 0.399 e. The number of hydrogen-bond donors (Lipinski definition) is 2. The van der Waals surface area contributed by atoms with Crippen LogP contribution in [0.4, 0.5) is 11.4 Å². The first-order chi connectivity index (χ1) is 9.51. The molecule has 0 aromatic heterocycles. The zero-order valence-corrected chi connectivity index (χ0v) is 12.5. The summed E-state index contributed by atoms with van der Waals surface area (Å²) in [6.07, 6.45) is 0. The Labute approximate surface area is 129 Å². The van der Waals surface area contributed by atoms with E-state index in [1.807, 2.05) is 6.07 Å². The Morgan fingerprint density at radius 2 is 2.05 bits per heavy atom. The average molecular weight is 351 g/mol. The van der Waals surface area contributed by atoms with Gasteiger partial charge in [-0.25, -0.2) is 0 Å². The zero-order valence-electron chi connectivity index (χ0n) is 10.2. The van der Waals surface area contributed by atoms with Gasteiger partial charge in [0.05, 0.1) is 21.8 Å². The van der Waals surface area contributed by atoms with E-state index in [0.717, 1.165) is 4.47 Å². The molecule has 0 atom stereocenters. The van der Waals surface area contributed by atoms with Crippen molar-refractivity contribution in [2.24, 2.45) is 0 Å².